The number of fused-ring (bicyclic) bond motifs is 1. The van der Waals surface area contributed by atoms with Crippen molar-refractivity contribution in [2.24, 2.45) is 17.3 Å². The van der Waals surface area contributed by atoms with Crippen LogP contribution in [0.4, 0.5) is 0 Å². The molecule has 0 unspecified atom stereocenters. The summed E-state index contributed by atoms with van der Waals surface area (Å²) in [5, 5.41) is 0. The highest BCUT2D eigenvalue weighted by molar-refractivity contribution is 5.50. The molecule has 13 heavy (non-hydrogen) atoms. The number of hydrogen-bond donors (Lipinski definition) is 0. The molecule has 0 aliphatic heterocycles. The van der Waals surface area contributed by atoms with E-state index < -0.39 is 0 Å². The Balaban J connectivity index is 2.05. The highest BCUT2D eigenvalue weighted by Crippen LogP contribution is 2.59. The van der Waals surface area contributed by atoms with Crippen LogP contribution in [0.2, 0.25) is 0 Å². The fraction of sp³-hybridized carbons (Fsp3) is 0.750. The maximum atomic E-state index is 10.3. The van der Waals surface area contributed by atoms with Crippen LogP contribution in [-0.4, -0.2) is 6.29 Å². The molecule has 0 saturated heterocycles. The van der Waals surface area contributed by atoms with Crippen molar-refractivity contribution in [2.75, 3.05) is 0 Å². The molecule has 2 bridgehead atoms. The van der Waals surface area contributed by atoms with Gasteiger partial charge in [-0.3, -0.25) is 0 Å². The van der Waals surface area contributed by atoms with E-state index in [0.717, 1.165) is 24.5 Å². The van der Waals surface area contributed by atoms with Crippen LogP contribution in [0.3, 0.4) is 0 Å². The van der Waals surface area contributed by atoms with Crippen molar-refractivity contribution in [3.8, 4) is 0 Å². The SMILES string of the molecule is CC1(C)[C@H]2CC=C(CCC=O)[C@@H]1C2. The molecule has 3 aliphatic carbocycles. The molecule has 3 aliphatic rings. The first-order valence-electron chi connectivity index (χ1n) is 5.29. The number of carbonyl (C=O) groups is 1. The lowest BCUT2D eigenvalue weighted by Crippen LogP contribution is -2.48. The molecule has 0 spiro atoms. The molecule has 1 fully saturated rings. The van der Waals surface area contributed by atoms with Gasteiger partial charge in [-0.25, -0.2) is 0 Å². The maximum Gasteiger partial charge on any atom is 0.120 e. The van der Waals surface area contributed by atoms with Crippen molar-refractivity contribution in [2.45, 2.75) is 39.5 Å². The molecule has 0 N–H and O–H groups in total. The molecule has 0 aromatic carbocycles. The Morgan fingerprint density at radius 2 is 2.38 bits per heavy atom. The average Bonchev–Trinajstić information content (AvgIpc) is 2.14. The summed E-state index contributed by atoms with van der Waals surface area (Å²) in [6, 6.07) is 0. The molecular formula is C12H18O. The van der Waals surface area contributed by atoms with Gasteiger partial charge in [-0.2, -0.15) is 0 Å². The third-order valence-corrected chi connectivity index (χ3v) is 4.13. The minimum atomic E-state index is 0.521. The smallest absolute Gasteiger partial charge is 0.120 e. The van der Waals surface area contributed by atoms with Gasteiger partial charge in [0.05, 0.1) is 0 Å². The third-order valence-electron chi connectivity index (χ3n) is 4.13. The second-order valence-electron chi connectivity index (χ2n) is 5.03. The number of carbonyl (C=O) groups excluding carboxylic acids is 1. The monoisotopic (exact) mass is 178 g/mol. The standard InChI is InChI=1S/C12H18O/c1-12(2)10-6-5-9(4-3-7-13)11(12)8-10/h5,7,10-11H,3-4,6,8H2,1-2H3/t10-,11-/m0/s1. The second kappa shape index (κ2) is 2.97. The highest BCUT2D eigenvalue weighted by atomic mass is 16.1. The molecule has 0 aromatic heterocycles. The normalized spacial score (nSPS) is 34.8. The number of rotatable bonds is 3. The zero-order valence-electron chi connectivity index (χ0n) is 8.55. The van der Waals surface area contributed by atoms with Crippen LogP contribution in [0.5, 0.6) is 0 Å². The quantitative estimate of drug-likeness (QED) is 0.479. The Hall–Kier alpha value is -0.590. The molecule has 72 valence electrons. The lowest BCUT2D eigenvalue weighted by atomic mass is 9.48. The Labute approximate surface area is 80.2 Å². The van der Waals surface area contributed by atoms with Gasteiger partial charge in [-0.15, -0.1) is 0 Å². The van der Waals surface area contributed by atoms with Gasteiger partial charge < -0.3 is 4.79 Å². The first-order chi connectivity index (χ1) is 6.16. The van der Waals surface area contributed by atoms with E-state index in [1.807, 2.05) is 0 Å². The first-order valence-corrected chi connectivity index (χ1v) is 5.29. The van der Waals surface area contributed by atoms with Gasteiger partial charge in [-0.1, -0.05) is 25.5 Å². The average molecular weight is 178 g/mol. The topological polar surface area (TPSA) is 17.1 Å². The van der Waals surface area contributed by atoms with Crippen molar-refractivity contribution in [1.29, 1.82) is 0 Å². The number of allylic oxidation sites excluding steroid dienone is 2. The van der Waals surface area contributed by atoms with Crippen molar-refractivity contribution in [3.63, 3.8) is 0 Å². The predicted octanol–water partition coefficient (Wildman–Crippen LogP) is 2.96. The van der Waals surface area contributed by atoms with Gasteiger partial charge in [-0.05, 0) is 36.5 Å². The number of aldehydes is 1. The third kappa shape index (κ3) is 1.25. The first kappa shape index (κ1) is 8.98. The summed E-state index contributed by atoms with van der Waals surface area (Å²) in [6.45, 7) is 4.75. The molecule has 2 atom stereocenters. The van der Waals surface area contributed by atoms with E-state index in [0.29, 0.717) is 11.8 Å². The van der Waals surface area contributed by atoms with Gasteiger partial charge in [0, 0.05) is 6.42 Å². The van der Waals surface area contributed by atoms with Crippen LogP contribution in [-0.2, 0) is 4.79 Å². The Morgan fingerprint density at radius 3 is 2.92 bits per heavy atom. The van der Waals surface area contributed by atoms with Crippen molar-refractivity contribution < 1.29 is 4.79 Å². The molecule has 0 aromatic rings. The summed E-state index contributed by atoms with van der Waals surface area (Å²) < 4.78 is 0. The van der Waals surface area contributed by atoms with Crippen LogP contribution in [0.25, 0.3) is 0 Å². The summed E-state index contributed by atoms with van der Waals surface area (Å²) in [7, 11) is 0. The summed E-state index contributed by atoms with van der Waals surface area (Å²) >= 11 is 0. The molecule has 1 heteroatoms. The van der Waals surface area contributed by atoms with Crippen LogP contribution < -0.4 is 0 Å². The molecule has 1 nitrogen and oxygen atoms in total. The van der Waals surface area contributed by atoms with Gasteiger partial charge in [0.1, 0.15) is 6.29 Å². The van der Waals surface area contributed by atoms with Crippen molar-refractivity contribution in [1.82, 2.24) is 0 Å². The second-order valence-corrected chi connectivity index (χ2v) is 5.03. The lowest BCUT2D eigenvalue weighted by Gasteiger charge is -2.56. The largest absolute Gasteiger partial charge is 0.303 e. The lowest BCUT2D eigenvalue weighted by molar-refractivity contribution is -0.107. The Morgan fingerprint density at radius 1 is 1.62 bits per heavy atom. The summed E-state index contributed by atoms with van der Waals surface area (Å²) in [6.07, 6.45) is 7.76. The van der Waals surface area contributed by atoms with Gasteiger partial charge >= 0.3 is 0 Å². The van der Waals surface area contributed by atoms with Crippen LogP contribution in [0.15, 0.2) is 11.6 Å². The van der Waals surface area contributed by atoms with Gasteiger partial charge in [0.25, 0.3) is 0 Å². The molecule has 0 radical (unpaired) electrons. The Kier molecular flexibility index (Phi) is 2.05. The molecule has 0 heterocycles. The fourth-order valence-corrected chi connectivity index (χ4v) is 2.98. The molecule has 0 amide bonds. The zero-order chi connectivity index (χ0) is 9.47. The Bertz CT molecular complexity index is 250. The van der Waals surface area contributed by atoms with E-state index in [2.05, 4.69) is 19.9 Å². The summed E-state index contributed by atoms with van der Waals surface area (Å²) in [4.78, 5) is 10.3. The number of hydrogen-bond acceptors (Lipinski definition) is 1. The van der Waals surface area contributed by atoms with Crippen LogP contribution in [0, 0.1) is 17.3 Å². The van der Waals surface area contributed by atoms with E-state index in [1.54, 1.807) is 5.57 Å². The van der Waals surface area contributed by atoms with E-state index in [9.17, 15) is 4.79 Å². The fourth-order valence-electron chi connectivity index (χ4n) is 2.98. The summed E-state index contributed by atoms with van der Waals surface area (Å²) in [5.74, 6) is 1.70. The van der Waals surface area contributed by atoms with Crippen LogP contribution in [0.1, 0.15) is 39.5 Å². The van der Waals surface area contributed by atoms with E-state index in [1.165, 1.54) is 12.8 Å². The minimum Gasteiger partial charge on any atom is -0.303 e. The van der Waals surface area contributed by atoms with Gasteiger partial charge in [0.2, 0.25) is 0 Å². The predicted molar refractivity (Wildman–Crippen MR) is 53.4 cm³/mol. The maximum absolute atomic E-state index is 10.3. The van der Waals surface area contributed by atoms with Crippen LogP contribution >= 0.6 is 0 Å². The zero-order valence-corrected chi connectivity index (χ0v) is 8.55. The van der Waals surface area contributed by atoms with E-state index in [4.69, 9.17) is 0 Å². The highest BCUT2D eigenvalue weighted by Gasteiger charge is 2.50. The van der Waals surface area contributed by atoms with Gasteiger partial charge in [0.15, 0.2) is 0 Å². The molecule has 3 rings (SSSR count). The van der Waals surface area contributed by atoms with E-state index in [-0.39, 0.29) is 0 Å². The minimum absolute atomic E-state index is 0.521. The van der Waals surface area contributed by atoms with Crippen molar-refractivity contribution in [3.05, 3.63) is 11.6 Å². The molecule has 1 saturated carbocycles. The van der Waals surface area contributed by atoms with E-state index >= 15 is 0 Å². The molecular weight excluding hydrogens is 160 g/mol. The summed E-state index contributed by atoms with van der Waals surface area (Å²) in [5.41, 5.74) is 2.08. The van der Waals surface area contributed by atoms with Crippen molar-refractivity contribution >= 4 is 6.29 Å².